The Hall–Kier alpha value is -3.81. The quantitative estimate of drug-likeness (QED) is 0.260. The predicted octanol–water partition coefficient (Wildman–Crippen LogP) is 7.40. The van der Waals surface area contributed by atoms with E-state index < -0.39 is 0 Å². The zero-order chi connectivity index (χ0) is 29.6. The van der Waals surface area contributed by atoms with Crippen LogP contribution in [-0.2, 0) is 5.41 Å². The number of benzene rings is 2. The molecule has 1 aliphatic carbocycles. The third kappa shape index (κ3) is 5.39. The van der Waals surface area contributed by atoms with Gasteiger partial charge in [-0.15, -0.1) is 0 Å². The SMILES string of the molecule is COc1ccc(N2CCN(c3nc(Nc4cc(C(C)(C)C)ccc4C)c4c(ncn4C4CCCC4)n3)CC2(C)C)cc1. The maximum absolute atomic E-state index is 5.38. The molecule has 0 bridgehead atoms. The summed E-state index contributed by atoms with van der Waals surface area (Å²) in [6.07, 6.45) is 6.84. The number of hydrogen-bond acceptors (Lipinski definition) is 7. The molecule has 2 aliphatic rings. The molecule has 0 atom stereocenters. The lowest BCUT2D eigenvalue weighted by Crippen LogP contribution is -2.60. The minimum Gasteiger partial charge on any atom is -0.497 e. The van der Waals surface area contributed by atoms with Crippen LogP contribution >= 0.6 is 0 Å². The number of hydrogen-bond donors (Lipinski definition) is 1. The smallest absolute Gasteiger partial charge is 0.229 e. The second kappa shape index (κ2) is 10.8. The average Bonchev–Trinajstić information content (AvgIpc) is 3.63. The van der Waals surface area contributed by atoms with Gasteiger partial charge in [0.05, 0.1) is 19.0 Å². The van der Waals surface area contributed by atoms with Crippen LogP contribution in [0.15, 0.2) is 48.8 Å². The Kier molecular flexibility index (Phi) is 7.27. The number of aryl methyl sites for hydroxylation is 1. The van der Waals surface area contributed by atoms with Gasteiger partial charge in [0.25, 0.3) is 0 Å². The van der Waals surface area contributed by atoms with Crippen LogP contribution in [0.2, 0.25) is 0 Å². The van der Waals surface area contributed by atoms with Gasteiger partial charge < -0.3 is 24.4 Å². The summed E-state index contributed by atoms with van der Waals surface area (Å²) in [4.78, 5) is 19.9. The minimum atomic E-state index is -0.125. The molecule has 2 aromatic carbocycles. The Morgan fingerprint density at radius 1 is 0.976 bits per heavy atom. The molecule has 0 spiro atoms. The number of rotatable bonds is 6. The van der Waals surface area contributed by atoms with Crippen molar-refractivity contribution >= 4 is 34.3 Å². The zero-order valence-electron chi connectivity index (χ0n) is 26.2. The number of imidazole rings is 1. The van der Waals surface area contributed by atoms with Gasteiger partial charge in [-0.25, -0.2) is 4.98 Å². The van der Waals surface area contributed by atoms with Gasteiger partial charge in [0.1, 0.15) is 11.3 Å². The lowest BCUT2D eigenvalue weighted by atomic mass is 9.86. The number of piperazine rings is 1. The fourth-order valence-electron chi connectivity index (χ4n) is 6.54. The molecule has 8 heteroatoms. The van der Waals surface area contributed by atoms with E-state index in [4.69, 9.17) is 19.7 Å². The van der Waals surface area contributed by atoms with E-state index in [0.29, 0.717) is 6.04 Å². The molecule has 2 aromatic heterocycles. The number of nitrogens with one attached hydrogen (secondary N) is 1. The van der Waals surface area contributed by atoms with E-state index in [1.54, 1.807) is 7.11 Å². The molecular weight excluding hydrogens is 522 g/mol. The van der Waals surface area contributed by atoms with Crippen LogP contribution in [0.1, 0.15) is 77.5 Å². The minimum absolute atomic E-state index is 0.0526. The summed E-state index contributed by atoms with van der Waals surface area (Å²) in [6, 6.07) is 15.5. The number of fused-ring (bicyclic) bond motifs is 1. The molecule has 1 saturated carbocycles. The summed E-state index contributed by atoms with van der Waals surface area (Å²) in [5.74, 6) is 2.44. The van der Waals surface area contributed by atoms with Crippen LogP contribution in [0, 0.1) is 6.92 Å². The van der Waals surface area contributed by atoms with Crippen molar-refractivity contribution in [3.63, 3.8) is 0 Å². The monoisotopic (exact) mass is 567 g/mol. The van der Waals surface area contributed by atoms with Gasteiger partial charge in [-0.2, -0.15) is 9.97 Å². The van der Waals surface area contributed by atoms with Gasteiger partial charge in [0.2, 0.25) is 5.95 Å². The lowest BCUT2D eigenvalue weighted by Gasteiger charge is -2.48. The molecule has 4 aromatic rings. The summed E-state index contributed by atoms with van der Waals surface area (Å²) < 4.78 is 7.70. The zero-order valence-corrected chi connectivity index (χ0v) is 26.2. The molecule has 6 rings (SSSR count). The molecule has 1 aliphatic heterocycles. The van der Waals surface area contributed by atoms with E-state index in [1.807, 2.05) is 18.5 Å². The molecular formula is C34H45N7O. The molecule has 42 heavy (non-hydrogen) atoms. The fourth-order valence-corrected chi connectivity index (χ4v) is 6.54. The maximum Gasteiger partial charge on any atom is 0.229 e. The van der Waals surface area contributed by atoms with Gasteiger partial charge in [-0.1, -0.05) is 45.7 Å². The van der Waals surface area contributed by atoms with Crippen molar-refractivity contribution in [2.45, 2.75) is 84.2 Å². The van der Waals surface area contributed by atoms with E-state index in [9.17, 15) is 0 Å². The number of aromatic nitrogens is 4. The molecule has 0 amide bonds. The highest BCUT2D eigenvalue weighted by molar-refractivity contribution is 5.87. The Labute approximate surface area is 250 Å². The van der Waals surface area contributed by atoms with E-state index in [-0.39, 0.29) is 11.0 Å². The van der Waals surface area contributed by atoms with Gasteiger partial charge in [0.15, 0.2) is 11.5 Å². The first-order valence-electron chi connectivity index (χ1n) is 15.3. The van der Waals surface area contributed by atoms with Crippen molar-refractivity contribution < 1.29 is 4.74 Å². The second-order valence-electron chi connectivity index (χ2n) is 13.6. The van der Waals surface area contributed by atoms with Crippen molar-refractivity contribution in [3.8, 4) is 5.75 Å². The Balaban J connectivity index is 1.37. The Bertz CT molecular complexity index is 1560. The van der Waals surface area contributed by atoms with Crippen molar-refractivity contribution in [2.24, 2.45) is 0 Å². The fraction of sp³-hybridized carbons (Fsp3) is 0.500. The van der Waals surface area contributed by atoms with Crippen molar-refractivity contribution in [1.82, 2.24) is 19.5 Å². The first-order chi connectivity index (χ1) is 20.0. The number of nitrogens with zero attached hydrogens (tertiary/aromatic N) is 6. The molecule has 2 fully saturated rings. The normalized spacial score (nSPS) is 17.7. The summed E-state index contributed by atoms with van der Waals surface area (Å²) in [6.45, 7) is 16.0. The molecule has 222 valence electrons. The summed E-state index contributed by atoms with van der Waals surface area (Å²) >= 11 is 0. The van der Waals surface area contributed by atoms with Gasteiger partial charge in [-0.3, -0.25) is 0 Å². The van der Waals surface area contributed by atoms with Crippen molar-refractivity contribution in [1.29, 1.82) is 0 Å². The highest BCUT2D eigenvalue weighted by atomic mass is 16.5. The first kappa shape index (κ1) is 28.3. The van der Waals surface area contributed by atoms with E-state index in [2.05, 4.69) is 91.6 Å². The van der Waals surface area contributed by atoms with E-state index in [0.717, 1.165) is 54.0 Å². The maximum atomic E-state index is 5.38. The van der Waals surface area contributed by atoms with Crippen LogP contribution in [0.25, 0.3) is 11.2 Å². The largest absolute Gasteiger partial charge is 0.497 e. The molecule has 0 radical (unpaired) electrons. The summed E-state index contributed by atoms with van der Waals surface area (Å²) in [5, 5.41) is 3.76. The van der Waals surface area contributed by atoms with Crippen LogP contribution in [0.4, 0.5) is 23.1 Å². The molecule has 8 nitrogen and oxygen atoms in total. The molecule has 1 saturated heterocycles. The number of ether oxygens (including phenoxy) is 1. The Morgan fingerprint density at radius 2 is 1.71 bits per heavy atom. The van der Waals surface area contributed by atoms with Crippen molar-refractivity contribution in [3.05, 3.63) is 59.9 Å². The summed E-state index contributed by atoms with van der Waals surface area (Å²) in [5.41, 5.74) is 6.45. The lowest BCUT2D eigenvalue weighted by molar-refractivity contribution is 0.408. The second-order valence-corrected chi connectivity index (χ2v) is 13.6. The number of anilines is 4. The standard InChI is InChI=1S/C34H45N7O/c1-23-12-13-24(33(2,3)4)20-28(23)36-31-29-30(35-22-40(29)25-10-8-9-11-25)37-32(38-31)39-18-19-41(34(5,6)21-39)26-14-16-27(42-7)17-15-26/h12-17,20,22,25H,8-11,18-19,21H2,1-7H3,(H,36,37,38). The predicted molar refractivity (Wildman–Crippen MR) is 173 cm³/mol. The third-order valence-corrected chi connectivity index (χ3v) is 9.06. The van der Waals surface area contributed by atoms with Gasteiger partial charge in [-0.05, 0) is 80.5 Å². The van der Waals surface area contributed by atoms with Crippen LogP contribution < -0.4 is 19.9 Å². The topological polar surface area (TPSA) is 71.3 Å². The highest BCUT2D eigenvalue weighted by Crippen LogP contribution is 2.37. The van der Waals surface area contributed by atoms with Gasteiger partial charge in [0, 0.05) is 37.1 Å². The molecule has 0 unspecified atom stereocenters. The molecule has 3 heterocycles. The third-order valence-electron chi connectivity index (χ3n) is 9.06. The molecule has 1 N–H and O–H groups in total. The average molecular weight is 568 g/mol. The van der Waals surface area contributed by atoms with Crippen LogP contribution in [0.3, 0.4) is 0 Å². The van der Waals surface area contributed by atoms with E-state index >= 15 is 0 Å². The van der Waals surface area contributed by atoms with Crippen LogP contribution in [0.5, 0.6) is 5.75 Å². The Morgan fingerprint density at radius 3 is 2.38 bits per heavy atom. The van der Waals surface area contributed by atoms with Crippen LogP contribution in [-0.4, -0.2) is 51.8 Å². The number of methoxy groups -OCH3 is 1. The summed E-state index contributed by atoms with van der Waals surface area (Å²) in [7, 11) is 1.71. The van der Waals surface area contributed by atoms with E-state index in [1.165, 1.54) is 42.5 Å². The van der Waals surface area contributed by atoms with Crippen molar-refractivity contribution in [2.75, 3.05) is 41.9 Å². The highest BCUT2D eigenvalue weighted by Gasteiger charge is 2.35. The van der Waals surface area contributed by atoms with Gasteiger partial charge >= 0.3 is 0 Å². The first-order valence-corrected chi connectivity index (χ1v) is 15.3.